The number of hydrogen-bond donors (Lipinski definition) is 1. The van der Waals surface area contributed by atoms with Gasteiger partial charge in [-0.25, -0.2) is 0 Å². The van der Waals surface area contributed by atoms with Crippen LogP contribution in [0.5, 0.6) is 0 Å². The van der Waals surface area contributed by atoms with E-state index < -0.39 is 6.10 Å². The number of nitrogens with zero attached hydrogens (tertiary/aromatic N) is 2. The third kappa shape index (κ3) is 2.66. The molecule has 1 N–H and O–H groups in total. The van der Waals surface area contributed by atoms with Crippen LogP contribution in [0.25, 0.3) is 0 Å². The molecular weight excluding hydrogens is 168 g/mol. The predicted octanol–water partition coefficient (Wildman–Crippen LogP) is 0.260. The van der Waals surface area contributed by atoms with Crippen LogP contribution in [0.4, 0.5) is 0 Å². The fourth-order valence-corrected chi connectivity index (χ4v) is 0.937. The summed E-state index contributed by atoms with van der Waals surface area (Å²) in [4.78, 5) is 14.8. The van der Waals surface area contributed by atoms with Crippen molar-refractivity contribution in [2.24, 2.45) is 5.92 Å². The molecule has 0 spiro atoms. The number of aromatic nitrogens is 2. The maximum Gasteiger partial charge on any atom is 0.269 e. The zero-order valence-corrected chi connectivity index (χ0v) is 7.84. The van der Waals surface area contributed by atoms with Crippen LogP contribution in [0.3, 0.4) is 0 Å². The summed E-state index contributed by atoms with van der Waals surface area (Å²) in [6.45, 7) is 4.16. The van der Waals surface area contributed by atoms with Crippen molar-refractivity contribution in [1.82, 2.24) is 9.55 Å². The van der Waals surface area contributed by atoms with Gasteiger partial charge >= 0.3 is 0 Å². The lowest BCUT2D eigenvalue weighted by Crippen LogP contribution is -2.28. The minimum absolute atomic E-state index is 0.153. The number of aliphatic hydroxyl groups excluding tert-OH is 1. The molecule has 0 aliphatic heterocycles. The van der Waals surface area contributed by atoms with E-state index in [-0.39, 0.29) is 11.5 Å². The minimum Gasteiger partial charge on any atom is -0.391 e. The van der Waals surface area contributed by atoms with Gasteiger partial charge in [0.05, 0.1) is 18.8 Å². The van der Waals surface area contributed by atoms with Crippen LogP contribution in [-0.4, -0.2) is 20.8 Å². The highest BCUT2D eigenvalue weighted by Gasteiger charge is 2.09. The van der Waals surface area contributed by atoms with E-state index in [1.807, 2.05) is 13.8 Å². The van der Waals surface area contributed by atoms with E-state index >= 15 is 0 Å². The van der Waals surface area contributed by atoms with Crippen molar-refractivity contribution in [3.05, 3.63) is 28.9 Å². The molecule has 1 aromatic heterocycles. The molecule has 1 aromatic rings. The van der Waals surface area contributed by atoms with Gasteiger partial charge in [0.25, 0.3) is 5.56 Å². The predicted molar refractivity (Wildman–Crippen MR) is 49.3 cm³/mol. The molecule has 0 aromatic carbocycles. The van der Waals surface area contributed by atoms with E-state index in [1.165, 1.54) is 17.0 Å². The molecule has 0 saturated heterocycles. The highest BCUT2D eigenvalue weighted by molar-refractivity contribution is 4.81. The Morgan fingerprint density at radius 2 is 2.31 bits per heavy atom. The Balaban J connectivity index is 2.75. The zero-order valence-electron chi connectivity index (χ0n) is 7.84. The van der Waals surface area contributed by atoms with Crippen molar-refractivity contribution in [3.8, 4) is 0 Å². The quantitative estimate of drug-likeness (QED) is 0.729. The molecule has 0 aliphatic carbocycles. The van der Waals surface area contributed by atoms with Crippen molar-refractivity contribution in [3.63, 3.8) is 0 Å². The molecule has 1 atom stereocenters. The van der Waals surface area contributed by atoms with E-state index in [0.717, 1.165) is 0 Å². The maximum absolute atomic E-state index is 11.2. The molecule has 0 radical (unpaired) electrons. The molecule has 1 rings (SSSR count). The Bertz CT molecular complexity index is 319. The van der Waals surface area contributed by atoms with Gasteiger partial charge < -0.3 is 9.67 Å². The van der Waals surface area contributed by atoms with Gasteiger partial charge in [0.2, 0.25) is 0 Å². The summed E-state index contributed by atoms with van der Waals surface area (Å²) >= 11 is 0. The molecule has 1 heterocycles. The highest BCUT2D eigenvalue weighted by atomic mass is 16.3. The molecule has 4 heteroatoms. The zero-order chi connectivity index (χ0) is 9.84. The molecule has 0 saturated carbocycles. The Morgan fingerprint density at radius 3 is 2.85 bits per heavy atom. The van der Waals surface area contributed by atoms with Crippen LogP contribution in [0.1, 0.15) is 13.8 Å². The van der Waals surface area contributed by atoms with Gasteiger partial charge in [0.15, 0.2) is 0 Å². The first-order chi connectivity index (χ1) is 6.11. The second-order valence-corrected chi connectivity index (χ2v) is 3.38. The van der Waals surface area contributed by atoms with Gasteiger partial charge in [-0.05, 0) is 5.92 Å². The van der Waals surface area contributed by atoms with Crippen molar-refractivity contribution < 1.29 is 5.11 Å². The molecule has 1 unspecified atom stereocenters. The summed E-state index contributed by atoms with van der Waals surface area (Å²) in [6, 6.07) is 0. The van der Waals surface area contributed by atoms with E-state index in [1.54, 1.807) is 6.20 Å². The largest absolute Gasteiger partial charge is 0.391 e. The van der Waals surface area contributed by atoms with Crippen LogP contribution < -0.4 is 5.56 Å². The van der Waals surface area contributed by atoms with Crippen LogP contribution >= 0.6 is 0 Å². The average Bonchev–Trinajstić information content (AvgIpc) is 2.08. The monoisotopic (exact) mass is 182 g/mol. The van der Waals surface area contributed by atoms with Crippen LogP contribution in [0, 0.1) is 5.92 Å². The second-order valence-electron chi connectivity index (χ2n) is 3.38. The number of hydrogen-bond acceptors (Lipinski definition) is 3. The summed E-state index contributed by atoms with van der Waals surface area (Å²) in [5.74, 6) is 0.153. The molecule has 72 valence electrons. The van der Waals surface area contributed by atoms with Crippen molar-refractivity contribution in [2.45, 2.75) is 26.5 Å². The lowest BCUT2D eigenvalue weighted by atomic mass is 10.1. The maximum atomic E-state index is 11.2. The molecular formula is C9H14N2O2. The molecule has 0 aliphatic rings. The third-order valence-corrected chi connectivity index (χ3v) is 1.95. The van der Waals surface area contributed by atoms with Gasteiger partial charge in [-0.3, -0.25) is 9.78 Å². The first kappa shape index (κ1) is 9.92. The normalized spacial score (nSPS) is 13.2. The van der Waals surface area contributed by atoms with E-state index in [4.69, 9.17) is 0 Å². The Morgan fingerprint density at radius 1 is 1.62 bits per heavy atom. The Hall–Kier alpha value is -1.16. The highest BCUT2D eigenvalue weighted by Crippen LogP contribution is 2.02. The molecule has 0 bridgehead atoms. The first-order valence-corrected chi connectivity index (χ1v) is 4.30. The fourth-order valence-electron chi connectivity index (χ4n) is 0.937. The van der Waals surface area contributed by atoms with Gasteiger partial charge in [-0.1, -0.05) is 13.8 Å². The van der Waals surface area contributed by atoms with Gasteiger partial charge in [0.1, 0.15) is 0 Å². The third-order valence-electron chi connectivity index (χ3n) is 1.95. The van der Waals surface area contributed by atoms with Gasteiger partial charge in [0, 0.05) is 12.4 Å². The lowest BCUT2D eigenvalue weighted by Gasteiger charge is -2.15. The second kappa shape index (κ2) is 4.18. The number of rotatable bonds is 3. The van der Waals surface area contributed by atoms with Crippen molar-refractivity contribution >= 4 is 0 Å². The van der Waals surface area contributed by atoms with E-state index in [0.29, 0.717) is 6.54 Å². The topological polar surface area (TPSA) is 55.1 Å². The van der Waals surface area contributed by atoms with Gasteiger partial charge in [-0.2, -0.15) is 0 Å². The molecule has 0 amide bonds. The van der Waals surface area contributed by atoms with Crippen molar-refractivity contribution in [2.75, 3.05) is 0 Å². The summed E-state index contributed by atoms with van der Waals surface area (Å²) in [5, 5.41) is 9.52. The van der Waals surface area contributed by atoms with Crippen molar-refractivity contribution in [1.29, 1.82) is 0 Å². The molecule has 4 nitrogen and oxygen atoms in total. The summed E-state index contributed by atoms with van der Waals surface area (Å²) in [5.41, 5.74) is -0.179. The fraction of sp³-hybridized carbons (Fsp3) is 0.556. The molecule has 0 fully saturated rings. The van der Waals surface area contributed by atoms with E-state index in [9.17, 15) is 9.90 Å². The lowest BCUT2D eigenvalue weighted by molar-refractivity contribution is 0.106. The standard InChI is InChI=1S/C9H14N2O2/c1-7(2)8(12)6-11-4-3-10-5-9(11)13/h3-5,7-8,12H,6H2,1-2H3. The summed E-state index contributed by atoms with van der Waals surface area (Å²) in [7, 11) is 0. The van der Waals surface area contributed by atoms with Gasteiger partial charge in [-0.15, -0.1) is 0 Å². The Labute approximate surface area is 76.9 Å². The number of aliphatic hydroxyl groups is 1. The summed E-state index contributed by atoms with van der Waals surface area (Å²) < 4.78 is 1.46. The Kier molecular flexibility index (Phi) is 3.19. The first-order valence-electron chi connectivity index (χ1n) is 4.30. The average molecular weight is 182 g/mol. The summed E-state index contributed by atoms with van der Waals surface area (Å²) in [6.07, 6.45) is 3.87. The van der Waals surface area contributed by atoms with Crippen LogP contribution in [0.2, 0.25) is 0 Å². The molecule has 13 heavy (non-hydrogen) atoms. The SMILES string of the molecule is CC(C)C(O)Cn1ccncc1=O. The van der Waals surface area contributed by atoms with Crippen LogP contribution in [0.15, 0.2) is 23.4 Å². The van der Waals surface area contributed by atoms with E-state index in [2.05, 4.69) is 4.98 Å². The smallest absolute Gasteiger partial charge is 0.269 e. The minimum atomic E-state index is -0.486. The van der Waals surface area contributed by atoms with Crippen LogP contribution in [-0.2, 0) is 6.54 Å².